The maximum Gasteiger partial charge on any atom is 0.160 e. The Morgan fingerprint density at radius 3 is 1.85 bits per heavy atom. The van der Waals surface area contributed by atoms with E-state index >= 15 is 0 Å². The Kier molecular flexibility index (Phi) is 7.77. The van der Waals surface area contributed by atoms with Gasteiger partial charge in [-0.15, -0.1) is 0 Å². The normalized spacial score (nSPS) is 11.3. The van der Waals surface area contributed by atoms with Crippen LogP contribution in [0.25, 0.3) is 77.7 Å². The molecule has 10 rings (SSSR count). The average molecular weight is 692 g/mol. The molecule has 2 heterocycles. The van der Waals surface area contributed by atoms with Gasteiger partial charge in [0.25, 0.3) is 0 Å². The summed E-state index contributed by atoms with van der Waals surface area (Å²) in [5.74, 6) is 0.687. The van der Waals surface area contributed by atoms with Gasteiger partial charge in [0, 0.05) is 44.2 Å². The number of rotatable bonds is 7. The molecule has 0 saturated carbocycles. The molecule has 0 aliphatic carbocycles. The predicted molar refractivity (Wildman–Crippen MR) is 223 cm³/mol. The molecular formula is C50H33N3O. The largest absolute Gasteiger partial charge is 0.456 e. The summed E-state index contributed by atoms with van der Waals surface area (Å²) in [6.45, 7) is 0. The Morgan fingerprint density at radius 1 is 0.389 bits per heavy atom. The highest BCUT2D eigenvalue weighted by Gasteiger charge is 2.19. The number of anilines is 3. The molecule has 0 aliphatic rings. The minimum atomic E-state index is 0.687. The average Bonchev–Trinajstić information content (AvgIpc) is 3.63. The Balaban J connectivity index is 1.09. The van der Waals surface area contributed by atoms with Crippen molar-refractivity contribution in [3.63, 3.8) is 0 Å². The van der Waals surface area contributed by atoms with Crippen LogP contribution in [0, 0.1) is 0 Å². The zero-order chi connectivity index (χ0) is 35.8. The minimum Gasteiger partial charge on any atom is -0.456 e. The predicted octanol–water partition coefficient (Wildman–Crippen LogP) is 13.7. The topological polar surface area (TPSA) is 42.2 Å². The SMILES string of the molecule is c1ccc(-c2cc(-c3cccc4oc5cc(-c6cccc(N(c7ccccc7)c7cccc8ccccc78)c6)ccc5c34)nc(-c3ccccc3)n2)cc1. The molecule has 0 spiro atoms. The first-order valence-electron chi connectivity index (χ1n) is 18.2. The minimum absolute atomic E-state index is 0.687. The number of hydrogen-bond acceptors (Lipinski definition) is 4. The zero-order valence-corrected chi connectivity index (χ0v) is 29.3. The van der Waals surface area contributed by atoms with E-state index in [4.69, 9.17) is 14.4 Å². The molecule has 10 aromatic rings. The fraction of sp³-hybridized carbons (Fsp3) is 0. The van der Waals surface area contributed by atoms with Gasteiger partial charge in [-0.2, -0.15) is 0 Å². The van der Waals surface area contributed by atoms with Crippen LogP contribution in [0.5, 0.6) is 0 Å². The van der Waals surface area contributed by atoms with Crippen LogP contribution in [-0.2, 0) is 0 Å². The fourth-order valence-corrected chi connectivity index (χ4v) is 7.51. The van der Waals surface area contributed by atoms with Crippen molar-refractivity contribution < 1.29 is 4.42 Å². The van der Waals surface area contributed by atoms with Gasteiger partial charge in [-0.3, -0.25) is 0 Å². The van der Waals surface area contributed by atoms with E-state index in [-0.39, 0.29) is 0 Å². The van der Waals surface area contributed by atoms with Gasteiger partial charge in [0.2, 0.25) is 0 Å². The lowest BCUT2D eigenvalue weighted by atomic mass is 9.99. The number of hydrogen-bond donors (Lipinski definition) is 0. The van der Waals surface area contributed by atoms with Crippen LogP contribution in [0.15, 0.2) is 205 Å². The summed E-state index contributed by atoms with van der Waals surface area (Å²) in [6, 6.07) is 69.7. The fourth-order valence-electron chi connectivity index (χ4n) is 7.51. The van der Waals surface area contributed by atoms with E-state index in [1.807, 2.05) is 48.5 Å². The first kappa shape index (κ1) is 31.4. The van der Waals surface area contributed by atoms with Crippen LogP contribution in [0.1, 0.15) is 0 Å². The lowest BCUT2D eigenvalue weighted by molar-refractivity contribution is 0.669. The van der Waals surface area contributed by atoms with Crippen LogP contribution in [-0.4, -0.2) is 9.97 Å². The summed E-state index contributed by atoms with van der Waals surface area (Å²) in [6.07, 6.45) is 0. The summed E-state index contributed by atoms with van der Waals surface area (Å²) >= 11 is 0. The number of para-hydroxylation sites is 1. The number of furan rings is 1. The molecule has 0 bridgehead atoms. The van der Waals surface area contributed by atoms with Crippen molar-refractivity contribution in [3.8, 4) is 45.0 Å². The van der Waals surface area contributed by atoms with Gasteiger partial charge in [-0.25, -0.2) is 9.97 Å². The summed E-state index contributed by atoms with van der Waals surface area (Å²) in [5.41, 5.74) is 11.9. The zero-order valence-electron chi connectivity index (χ0n) is 29.3. The molecule has 0 unspecified atom stereocenters. The highest BCUT2D eigenvalue weighted by Crippen LogP contribution is 2.42. The van der Waals surface area contributed by atoms with Gasteiger partial charge in [-0.1, -0.05) is 146 Å². The van der Waals surface area contributed by atoms with Crippen molar-refractivity contribution in [1.82, 2.24) is 9.97 Å². The second-order valence-electron chi connectivity index (χ2n) is 13.4. The number of aromatic nitrogens is 2. The van der Waals surface area contributed by atoms with Crippen LogP contribution < -0.4 is 4.90 Å². The van der Waals surface area contributed by atoms with Crippen LogP contribution in [0.4, 0.5) is 17.1 Å². The van der Waals surface area contributed by atoms with E-state index in [9.17, 15) is 0 Å². The molecule has 0 radical (unpaired) electrons. The highest BCUT2D eigenvalue weighted by atomic mass is 16.3. The van der Waals surface area contributed by atoms with Gasteiger partial charge in [0.05, 0.1) is 17.1 Å². The van der Waals surface area contributed by atoms with Gasteiger partial charge in [0.1, 0.15) is 11.2 Å². The number of nitrogens with zero attached hydrogens (tertiary/aromatic N) is 3. The van der Waals surface area contributed by atoms with Crippen molar-refractivity contribution in [2.24, 2.45) is 0 Å². The van der Waals surface area contributed by atoms with Crippen molar-refractivity contribution in [2.75, 3.05) is 4.90 Å². The molecule has 0 aliphatic heterocycles. The standard InChI is InChI=1S/C50H33N3O/c1-4-16-35(17-5-1)44-33-45(52-50(51-44)36-18-6-2-7-19-36)42-26-14-28-47-49(42)43-30-29-38(32-48(43)54-47)37-21-12-24-40(31-37)53(39-22-8-3-9-23-39)46-27-13-20-34-15-10-11-25-41(34)46/h1-33H. The van der Waals surface area contributed by atoms with E-state index in [0.717, 1.165) is 78.2 Å². The van der Waals surface area contributed by atoms with E-state index in [2.05, 4.69) is 157 Å². The molecule has 0 atom stereocenters. The van der Waals surface area contributed by atoms with Crippen LogP contribution >= 0.6 is 0 Å². The molecule has 0 N–H and O–H groups in total. The molecule has 254 valence electrons. The monoisotopic (exact) mass is 691 g/mol. The molecule has 0 saturated heterocycles. The lowest BCUT2D eigenvalue weighted by Crippen LogP contribution is -2.10. The van der Waals surface area contributed by atoms with E-state index in [0.29, 0.717) is 5.82 Å². The quantitative estimate of drug-likeness (QED) is 0.167. The third kappa shape index (κ3) is 5.67. The Labute approximate surface area is 313 Å². The van der Waals surface area contributed by atoms with Crippen molar-refractivity contribution in [1.29, 1.82) is 0 Å². The van der Waals surface area contributed by atoms with E-state index < -0.39 is 0 Å². The lowest BCUT2D eigenvalue weighted by Gasteiger charge is -2.27. The first-order chi connectivity index (χ1) is 26.8. The van der Waals surface area contributed by atoms with Crippen LogP contribution in [0.3, 0.4) is 0 Å². The first-order valence-corrected chi connectivity index (χ1v) is 18.2. The Bertz CT molecular complexity index is 2870. The maximum atomic E-state index is 6.62. The molecule has 54 heavy (non-hydrogen) atoms. The van der Waals surface area contributed by atoms with Crippen molar-refractivity contribution >= 4 is 49.8 Å². The Morgan fingerprint density at radius 2 is 1.02 bits per heavy atom. The summed E-state index contributed by atoms with van der Waals surface area (Å²) in [4.78, 5) is 12.5. The second kappa shape index (κ2) is 13.4. The summed E-state index contributed by atoms with van der Waals surface area (Å²) in [5, 5.41) is 4.49. The van der Waals surface area contributed by atoms with Crippen molar-refractivity contribution in [2.45, 2.75) is 0 Å². The summed E-state index contributed by atoms with van der Waals surface area (Å²) in [7, 11) is 0. The summed E-state index contributed by atoms with van der Waals surface area (Å²) < 4.78 is 6.62. The molecule has 8 aromatic carbocycles. The van der Waals surface area contributed by atoms with Gasteiger partial charge >= 0.3 is 0 Å². The molecule has 0 amide bonds. The van der Waals surface area contributed by atoms with Gasteiger partial charge in [0.15, 0.2) is 5.82 Å². The van der Waals surface area contributed by atoms with Gasteiger partial charge < -0.3 is 9.32 Å². The molecular weight excluding hydrogens is 659 g/mol. The maximum absolute atomic E-state index is 6.62. The third-order valence-electron chi connectivity index (χ3n) is 10.1. The number of fused-ring (bicyclic) bond motifs is 4. The molecule has 4 heteroatoms. The molecule has 4 nitrogen and oxygen atoms in total. The molecule has 0 fully saturated rings. The number of benzene rings is 8. The van der Waals surface area contributed by atoms with Crippen LogP contribution in [0.2, 0.25) is 0 Å². The van der Waals surface area contributed by atoms with Gasteiger partial charge in [-0.05, 0) is 71.1 Å². The Hall–Kier alpha value is -7.30. The smallest absolute Gasteiger partial charge is 0.160 e. The molecule has 2 aromatic heterocycles. The van der Waals surface area contributed by atoms with E-state index in [1.165, 1.54) is 10.8 Å². The third-order valence-corrected chi connectivity index (χ3v) is 10.1. The van der Waals surface area contributed by atoms with Crippen molar-refractivity contribution in [3.05, 3.63) is 200 Å². The van der Waals surface area contributed by atoms with E-state index in [1.54, 1.807) is 0 Å². The second-order valence-corrected chi connectivity index (χ2v) is 13.4. The highest BCUT2D eigenvalue weighted by molar-refractivity contribution is 6.13.